The van der Waals surface area contributed by atoms with Crippen LogP contribution in [0.2, 0.25) is 0 Å². The van der Waals surface area contributed by atoms with Crippen LogP contribution in [0.4, 0.5) is 0 Å². The molecule has 8 nitrogen and oxygen atoms in total. The summed E-state index contributed by atoms with van der Waals surface area (Å²) in [5, 5.41) is 0. The monoisotopic (exact) mass is 506 g/mol. The minimum atomic E-state index is -4.72. The van der Waals surface area contributed by atoms with Crippen LogP contribution in [0.15, 0.2) is 12.2 Å². The first-order valence-corrected chi connectivity index (χ1v) is 14.5. The zero-order chi connectivity index (χ0) is 25.5. The van der Waals surface area contributed by atoms with Gasteiger partial charge in [0.2, 0.25) is 0 Å². The van der Waals surface area contributed by atoms with Gasteiger partial charge in [-0.1, -0.05) is 83.8 Å². The molecule has 0 fully saturated rings. The van der Waals surface area contributed by atoms with Gasteiger partial charge in [-0.25, -0.2) is 4.57 Å². The molecule has 0 saturated carbocycles. The molecule has 200 valence electrons. The van der Waals surface area contributed by atoms with Gasteiger partial charge in [0, 0.05) is 12.8 Å². The first-order chi connectivity index (χ1) is 16.3. The van der Waals surface area contributed by atoms with Gasteiger partial charge >= 0.3 is 19.8 Å². The summed E-state index contributed by atoms with van der Waals surface area (Å²) in [6, 6.07) is 0. The van der Waals surface area contributed by atoms with Gasteiger partial charge in [-0.05, 0) is 32.1 Å². The predicted molar refractivity (Wildman–Crippen MR) is 133 cm³/mol. The van der Waals surface area contributed by atoms with Crippen LogP contribution in [0.25, 0.3) is 0 Å². The van der Waals surface area contributed by atoms with Crippen LogP contribution in [0, 0.1) is 0 Å². The predicted octanol–water partition coefficient (Wildman–Crippen LogP) is 6.39. The van der Waals surface area contributed by atoms with E-state index in [0.717, 1.165) is 70.6 Å². The Hall–Kier alpha value is -1.21. The van der Waals surface area contributed by atoms with Crippen molar-refractivity contribution in [1.82, 2.24) is 0 Å². The number of ether oxygens (including phenoxy) is 2. The molecule has 2 N–H and O–H groups in total. The highest BCUT2D eigenvalue weighted by Gasteiger charge is 2.22. The minimum absolute atomic E-state index is 0.203. The van der Waals surface area contributed by atoms with Gasteiger partial charge in [-0.2, -0.15) is 0 Å². The normalized spacial score (nSPS) is 12.7. The number of phosphoric ester groups is 1. The Kier molecular flexibility index (Phi) is 21.5. The average molecular weight is 507 g/mol. The van der Waals surface area contributed by atoms with Crippen LogP contribution >= 0.6 is 7.82 Å². The molecule has 1 unspecified atom stereocenters. The molecule has 34 heavy (non-hydrogen) atoms. The van der Waals surface area contributed by atoms with E-state index < -0.39 is 32.5 Å². The van der Waals surface area contributed by atoms with E-state index in [1.165, 1.54) is 12.8 Å². The molecule has 0 aromatic heterocycles. The number of hydrogen-bond donors (Lipinski definition) is 2. The van der Waals surface area contributed by atoms with Crippen molar-refractivity contribution in [1.29, 1.82) is 0 Å². The molecule has 0 bridgehead atoms. The van der Waals surface area contributed by atoms with E-state index in [0.29, 0.717) is 6.42 Å². The second kappa shape index (κ2) is 22.3. The van der Waals surface area contributed by atoms with Crippen LogP contribution in [-0.2, 0) is 28.2 Å². The van der Waals surface area contributed by atoms with Gasteiger partial charge in [-0.3, -0.25) is 14.1 Å². The number of carbonyl (C=O) groups is 2. The number of allylic oxidation sites excluding steroid dienone is 2. The summed E-state index contributed by atoms with van der Waals surface area (Å²) in [4.78, 5) is 41.9. The Balaban J connectivity index is 4.15. The summed E-state index contributed by atoms with van der Waals surface area (Å²) in [6.45, 7) is 3.48. The summed E-state index contributed by atoms with van der Waals surface area (Å²) in [7, 11) is -4.72. The molecule has 0 aliphatic carbocycles. The maximum absolute atomic E-state index is 12.1. The standard InChI is InChI=1S/C25H47O8P/c1-3-5-7-9-11-12-13-14-16-18-20-25(27)33-23(22-32-34(28,29)30)21-31-24(26)19-17-15-10-8-6-4-2/h7,9,23H,3-6,8,10-22H2,1-2H3,(H2,28,29,30)/b9-7-. The van der Waals surface area contributed by atoms with Crippen LogP contribution in [-0.4, -0.2) is 41.0 Å². The lowest BCUT2D eigenvalue weighted by atomic mass is 10.1. The van der Waals surface area contributed by atoms with Crippen molar-refractivity contribution in [3.8, 4) is 0 Å². The fraction of sp³-hybridized carbons (Fsp3) is 0.840. The number of hydrogen-bond acceptors (Lipinski definition) is 6. The van der Waals surface area contributed by atoms with Crippen molar-refractivity contribution in [2.24, 2.45) is 0 Å². The van der Waals surface area contributed by atoms with Gasteiger partial charge in [-0.15, -0.1) is 0 Å². The summed E-state index contributed by atoms with van der Waals surface area (Å²) < 4.78 is 25.9. The SMILES string of the molecule is CCC/C=C\CCCCCCCC(=O)OC(COC(=O)CCCCCCCC)COP(=O)(O)O. The van der Waals surface area contributed by atoms with E-state index in [1.807, 2.05) is 0 Å². The van der Waals surface area contributed by atoms with Crippen molar-refractivity contribution in [2.45, 2.75) is 123 Å². The largest absolute Gasteiger partial charge is 0.469 e. The lowest BCUT2D eigenvalue weighted by molar-refractivity contribution is -0.161. The molecule has 0 aliphatic heterocycles. The minimum Gasteiger partial charge on any atom is -0.462 e. The zero-order valence-corrected chi connectivity index (χ0v) is 22.1. The van der Waals surface area contributed by atoms with Crippen LogP contribution in [0.1, 0.15) is 117 Å². The summed E-state index contributed by atoms with van der Waals surface area (Å²) in [6.07, 6.45) is 18.3. The molecule has 0 amide bonds. The molecule has 0 aromatic rings. The lowest BCUT2D eigenvalue weighted by Crippen LogP contribution is -2.29. The topological polar surface area (TPSA) is 119 Å². The number of unbranched alkanes of at least 4 members (excludes halogenated alkanes) is 11. The lowest BCUT2D eigenvalue weighted by Gasteiger charge is -2.18. The molecular formula is C25H47O8P. The van der Waals surface area contributed by atoms with E-state index in [1.54, 1.807) is 0 Å². The third-order valence-electron chi connectivity index (χ3n) is 5.27. The number of carbonyl (C=O) groups excluding carboxylic acids is 2. The summed E-state index contributed by atoms with van der Waals surface area (Å²) >= 11 is 0. The molecule has 9 heteroatoms. The maximum atomic E-state index is 12.1. The average Bonchev–Trinajstić information content (AvgIpc) is 2.78. The van der Waals surface area contributed by atoms with Crippen LogP contribution in [0.3, 0.4) is 0 Å². The number of esters is 2. The summed E-state index contributed by atoms with van der Waals surface area (Å²) in [5.41, 5.74) is 0. The van der Waals surface area contributed by atoms with E-state index in [2.05, 4.69) is 30.5 Å². The quantitative estimate of drug-likeness (QED) is 0.0708. The van der Waals surface area contributed by atoms with Crippen molar-refractivity contribution in [3.63, 3.8) is 0 Å². The molecule has 0 aromatic carbocycles. The third kappa shape index (κ3) is 23.9. The first-order valence-electron chi connectivity index (χ1n) is 13.0. The third-order valence-corrected chi connectivity index (χ3v) is 5.75. The zero-order valence-electron chi connectivity index (χ0n) is 21.3. The van der Waals surface area contributed by atoms with Gasteiger partial charge in [0.15, 0.2) is 6.10 Å². The molecule has 0 aliphatic rings. The van der Waals surface area contributed by atoms with Crippen molar-refractivity contribution < 1.29 is 37.9 Å². The van der Waals surface area contributed by atoms with E-state index in [4.69, 9.17) is 19.3 Å². The van der Waals surface area contributed by atoms with E-state index >= 15 is 0 Å². The van der Waals surface area contributed by atoms with Crippen molar-refractivity contribution >= 4 is 19.8 Å². The second-order valence-electron chi connectivity index (χ2n) is 8.67. The Morgan fingerprint density at radius 1 is 0.735 bits per heavy atom. The number of rotatable bonds is 23. The van der Waals surface area contributed by atoms with Gasteiger partial charge in [0.05, 0.1) is 6.61 Å². The highest BCUT2D eigenvalue weighted by atomic mass is 31.2. The maximum Gasteiger partial charge on any atom is 0.469 e. The fourth-order valence-electron chi connectivity index (χ4n) is 3.31. The Bertz CT molecular complexity index is 587. The van der Waals surface area contributed by atoms with Crippen molar-refractivity contribution in [3.05, 3.63) is 12.2 Å². The molecule has 1 atom stereocenters. The second-order valence-corrected chi connectivity index (χ2v) is 9.90. The van der Waals surface area contributed by atoms with Crippen LogP contribution < -0.4 is 0 Å². The van der Waals surface area contributed by atoms with Gasteiger partial charge < -0.3 is 19.3 Å². The highest BCUT2D eigenvalue weighted by Crippen LogP contribution is 2.35. The summed E-state index contributed by atoms with van der Waals surface area (Å²) in [5.74, 6) is -0.911. The van der Waals surface area contributed by atoms with E-state index in [-0.39, 0.29) is 19.4 Å². The number of phosphoric acid groups is 1. The van der Waals surface area contributed by atoms with E-state index in [9.17, 15) is 14.2 Å². The molecule has 0 spiro atoms. The fourth-order valence-corrected chi connectivity index (χ4v) is 3.67. The Morgan fingerprint density at radius 3 is 1.91 bits per heavy atom. The van der Waals surface area contributed by atoms with Crippen LogP contribution in [0.5, 0.6) is 0 Å². The van der Waals surface area contributed by atoms with Crippen molar-refractivity contribution in [2.75, 3.05) is 13.2 Å². The molecule has 0 heterocycles. The molecule has 0 radical (unpaired) electrons. The molecule has 0 saturated heterocycles. The molecule has 0 rings (SSSR count). The Morgan fingerprint density at radius 2 is 1.29 bits per heavy atom. The first kappa shape index (κ1) is 32.8. The molecular weight excluding hydrogens is 459 g/mol. The Labute approximate surface area is 206 Å². The highest BCUT2D eigenvalue weighted by molar-refractivity contribution is 7.46. The smallest absolute Gasteiger partial charge is 0.462 e. The van der Waals surface area contributed by atoms with Gasteiger partial charge in [0.1, 0.15) is 6.61 Å². The van der Waals surface area contributed by atoms with Gasteiger partial charge in [0.25, 0.3) is 0 Å².